The Balaban J connectivity index is 1.79. The lowest BCUT2D eigenvalue weighted by Gasteiger charge is -2.34. The summed E-state index contributed by atoms with van der Waals surface area (Å²) >= 11 is 0. The van der Waals surface area contributed by atoms with E-state index in [1.54, 1.807) is 11.4 Å². The van der Waals surface area contributed by atoms with Gasteiger partial charge in [-0.25, -0.2) is 8.42 Å². The number of ether oxygens (including phenoxy) is 1. The zero-order valence-corrected chi connectivity index (χ0v) is 17.6. The van der Waals surface area contributed by atoms with Crippen LogP contribution >= 0.6 is 0 Å². The minimum Gasteiger partial charge on any atom is -0.373 e. The third kappa shape index (κ3) is 5.82. The molecule has 2 rings (SSSR count). The zero-order valence-electron chi connectivity index (χ0n) is 16.8. The molecule has 26 heavy (non-hydrogen) atoms. The maximum Gasteiger partial charge on any atom is 0.216 e. The van der Waals surface area contributed by atoms with E-state index in [2.05, 4.69) is 22.5 Å². The molecule has 1 heterocycles. The Kier molecular flexibility index (Phi) is 7.73. The predicted molar refractivity (Wildman–Crippen MR) is 106 cm³/mol. The highest BCUT2D eigenvalue weighted by atomic mass is 32.2. The van der Waals surface area contributed by atoms with E-state index in [9.17, 15) is 8.42 Å². The molecule has 0 amide bonds. The third-order valence-electron chi connectivity index (χ3n) is 5.70. The minimum absolute atomic E-state index is 0.0616. The van der Waals surface area contributed by atoms with Gasteiger partial charge in [-0.15, -0.1) is 0 Å². The highest BCUT2D eigenvalue weighted by Crippen LogP contribution is 2.40. The number of aliphatic imine (C=N–C) groups is 1. The average Bonchev–Trinajstić information content (AvgIpc) is 3.06. The monoisotopic (exact) mass is 388 g/mol. The number of rotatable bonds is 7. The van der Waals surface area contributed by atoms with Crippen molar-refractivity contribution in [2.75, 3.05) is 39.0 Å². The number of nitrogens with zero attached hydrogens (tertiary/aromatic N) is 2. The van der Waals surface area contributed by atoms with Crippen molar-refractivity contribution < 1.29 is 13.2 Å². The second kappa shape index (κ2) is 9.37. The molecule has 2 N–H and O–H groups in total. The summed E-state index contributed by atoms with van der Waals surface area (Å²) in [6, 6.07) is 0. The standard InChI is InChI=1S/C18H36N4O3S/c1-5-18(8-6-7-9-18)14-21-17(19-4)20-10-11-26(23,24)22-12-15(2)25-16(3)13-22/h15-16H,5-14H2,1-4H3,(H2,19,20,21). The molecule has 0 spiro atoms. The van der Waals surface area contributed by atoms with Crippen LogP contribution < -0.4 is 10.6 Å². The van der Waals surface area contributed by atoms with Gasteiger partial charge >= 0.3 is 0 Å². The Hall–Kier alpha value is -0.860. The summed E-state index contributed by atoms with van der Waals surface area (Å²) in [6.45, 7) is 8.18. The van der Waals surface area contributed by atoms with E-state index in [-0.39, 0.29) is 18.0 Å². The second-order valence-electron chi connectivity index (χ2n) is 7.80. The molecular formula is C18H36N4O3S. The van der Waals surface area contributed by atoms with Crippen LogP contribution in [-0.4, -0.2) is 69.9 Å². The van der Waals surface area contributed by atoms with Gasteiger partial charge in [0.15, 0.2) is 5.96 Å². The van der Waals surface area contributed by atoms with Gasteiger partial charge in [-0.05, 0) is 38.5 Å². The fourth-order valence-electron chi connectivity index (χ4n) is 4.06. The normalized spacial score (nSPS) is 27.5. The van der Waals surface area contributed by atoms with Gasteiger partial charge in [0.05, 0.1) is 18.0 Å². The van der Waals surface area contributed by atoms with Crippen molar-refractivity contribution in [1.29, 1.82) is 0 Å². The largest absolute Gasteiger partial charge is 0.373 e. The van der Waals surface area contributed by atoms with Gasteiger partial charge in [0.2, 0.25) is 10.0 Å². The van der Waals surface area contributed by atoms with Gasteiger partial charge in [0, 0.05) is 33.2 Å². The smallest absolute Gasteiger partial charge is 0.216 e. The summed E-state index contributed by atoms with van der Waals surface area (Å²) in [5.74, 6) is 0.745. The highest BCUT2D eigenvalue weighted by Gasteiger charge is 2.32. The maximum atomic E-state index is 12.6. The van der Waals surface area contributed by atoms with E-state index in [0.717, 1.165) is 6.54 Å². The Bertz CT molecular complexity index is 563. The van der Waals surface area contributed by atoms with Gasteiger partial charge in [0.25, 0.3) is 0 Å². The van der Waals surface area contributed by atoms with Crippen molar-refractivity contribution in [1.82, 2.24) is 14.9 Å². The molecule has 0 radical (unpaired) electrons. The molecular weight excluding hydrogens is 352 g/mol. The van der Waals surface area contributed by atoms with Crippen LogP contribution in [0.25, 0.3) is 0 Å². The summed E-state index contributed by atoms with van der Waals surface area (Å²) in [5, 5.41) is 6.55. The molecule has 0 bridgehead atoms. The molecule has 2 atom stereocenters. The fourth-order valence-corrected chi connectivity index (χ4v) is 5.55. The van der Waals surface area contributed by atoms with Gasteiger partial charge in [-0.1, -0.05) is 19.8 Å². The molecule has 2 unspecified atom stereocenters. The average molecular weight is 389 g/mol. The van der Waals surface area contributed by atoms with Crippen LogP contribution in [0.15, 0.2) is 4.99 Å². The molecule has 1 saturated heterocycles. The van der Waals surface area contributed by atoms with E-state index in [1.807, 2.05) is 13.8 Å². The first-order chi connectivity index (χ1) is 12.3. The molecule has 1 saturated carbocycles. The van der Waals surface area contributed by atoms with Crippen molar-refractivity contribution in [3.63, 3.8) is 0 Å². The minimum atomic E-state index is -3.29. The highest BCUT2D eigenvalue weighted by molar-refractivity contribution is 7.89. The van der Waals surface area contributed by atoms with E-state index in [1.165, 1.54) is 32.1 Å². The van der Waals surface area contributed by atoms with Gasteiger partial charge in [0.1, 0.15) is 0 Å². The van der Waals surface area contributed by atoms with E-state index >= 15 is 0 Å². The number of nitrogens with one attached hydrogen (secondary N) is 2. The lowest BCUT2D eigenvalue weighted by atomic mass is 9.83. The molecule has 0 aromatic rings. The van der Waals surface area contributed by atoms with Gasteiger partial charge < -0.3 is 15.4 Å². The predicted octanol–water partition coefficient (Wildman–Crippen LogP) is 1.56. The number of guanidine groups is 1. The Morgan fingerprint density at radius 2 is 1.81 bits per heavy atom. The summed E-state index contributed by atoms with van der Waals surface area (Å²) in [7, 11) is -1.57. The van der Waals surface area contributed by atoms with Crippen LogP contribution in [0.4, 0.5) is 0 Å². The summed E-state index contributed by atoms with van der Waals surface area (Å²) in [4.78, 5) is 4.24. The quantitative estimate of drug-likeness (QED) is 0.511. The van der Waals surface area contributed by atoms with Crippen molar-refractivity contribution in [3.05, 3.63) is 0 Å². The Morgan fingerprint density at radius 3 is 2.35 bits per heavy atom. The van der Waals surface area contributed by atoms with Gasteiger partial charge in [-0.2, -0.15) is 4.31 Å². The number of hydrogen-bond donors (Lipinski definition) is 2. The molecule has 0 aromatic heterocycles. The number of morpholine rings is 1. The zero-order chi connectivity index (χ0) is 19.2. The first-order valence-electron chi connectivity index (χ1n) is 9.88. The van der Waals surface area contributed by atoms with Crippen molar-refractivity contribution in [2.45, 2.75) is 65.1 Å². The number of sulfonamides is 1. The molecule has 2 aliphatic rings. The van der Waals surface area contributed by atoms with Crippen molar-refractivity contribution in [2.24, 2.45) is 10.4 Å². The molecule has 0 aromatic carbocycles. The molecule has 152 valence electrons. The third-order valence-corrected chi connectivity index (χ3v) is 7.51. The van der Waals surface area contributed by atoms with Crippen molar-refractivity contribution >= 4 is 16.0 Å². The molecule has 2 fully saturated rings. The van der Waals surface area contributed by atoms with Gasteiger partial charge in [-0.3, -0.25) is 4.99 Å². The molecule has 8 heteroatoms. The molecule has 7 nitrogen and oxygen atoms in total. The maximum absolute atomic E-state index is 12.6. The number of hydrogen-bond acceptors (Lipinski definition) is 4. The van der Waals surface area contributed by atoms with E-state index in [0.29, 0.717) is 31.0 Å². The molecule has 1 aliphatic carbocycles. The second-order valence-corrected chi connectivity index (χ2v) is 9.89. The van der Waals surface area contributed by atoms with E-state index < -0.39 is 10.0 Å². The summed E-state index contributed by atoms with van der Waals surface area (Å²) in [5.41, 5.74) is 0.365. The van der Waals surface area contributed by atoms with Crippen molar-refractivity contribution in [3.8, 4) is 0 Å². The van der Waals surface area contributed by atoms with Crippen LogP contribution in [-0.2, 0) is 14.8 Å². The lowest BCUT2D eigenvalue weighted by Crippen LogP contribution is -2.50. The van der Waals surface area contributed by atoms with Crippen LogP contribution in [0.2, 0.25) is 0 Å². The fraction of sp³-hybridized carbons (Fsp3) is 0.944. The Labute approximate surface area is 159 Å². The van der Waals surface area contributed by atoms with E-state index in [4.69, 9.17) is 4.74 Å². The SMILES string of the molecule is CCC1(CNC(=NC)NCCS(=O)(=O)N2CC(C)OC(C)C2)CCCC1. The Morgan fingerprint density at radius 1 is 1.19 bits per heavy atom. The van der Waals surface area contributed by atoms with Crippen LogP contribution in [0.3, 0.4) is 0 Å². The van der Waals surface area contributed by atoms with Crippen LogP contribution in [0, 0.1) is 5.41 Å². The topological polar surface area (TPSA) is 83.0 Å². The first kappa shape index (κ1) is 21.4. The summed E-state index contributed by atoms with van der Waals surface area (Å²) in [6.07, 6.45) is 6.16. The summed E-state index contributed by atoms with van der Waals surface area (Å²) < 4.78 is 32.3. The van der Waals surface area contributed by atoms with Crippen LogP contribution in [0.1, 0.15) is 52.9 Å². The first-order valence-corrected chi connectivity index (χ1v) is 11.5. The van der Waals surface area contributed by atoms with Crippen LogP contribution in [0.5, 0.6) is 0 Å². The lowest BCUT2D eigenvalue weighted by molar-refractivity contribution is -0.0440. The molecule has 1 aliphatic heterocycles.